The van der Waals surface area contributed by atoms with E-state index in [1.807, 2.05) is 0 Å². The van der Waals surface area contributed by atoms with Crippen LogP contribution in [-0.2, 0) is 6.42 Å². The topological polar surface area (TPSA) is 26.0 Å². The van der Waals surface area contributed by atoms with E-state index in [0.717, 1.165) is 12.8 Å². The van der Waals surface area contributed by atoms with E-state index in [2.05, 4.69) is 58.9 Å². The molecule has 0 fully saturated rings. The van der Waals surface area contributed by atoms with Crippen LogP contribution in [0.1, 0.15) is 58.1 Å². The van der Waals surface area contributed by atoms with Crippen molar-refractivity contribution in [3.8, 4) is 0 Å². The van der Waals surface area contributed by atoms with Gasteiger partial charge in [0.05, 0.1) is 0 Å². The number of hydrogen-bond donors (Lipinski definition) is 1. The maximum atomic E-state index is 6.29. The van der Waals surface area contributed by atoms with Gasteiger partial charge >= 0.3 is 0 Å². The quantitative estimate of drug-likeness (QED) is 0.813. The third kappa shape index (κ3) is 3.85. The first kappa shape index (κ1) is 14.2. The second-order valence-electron chi connectivity index (χ2n) is 6.05. The van der Waals surface area contributed by atoms with E-state index in [1.54, 1.807) is 0 Å². The summed E-state index contributed by atoms with van der Waals surface area (Å²) in [5.74, 6) is 0.602. The van der Waals surface area contributed by atoms with Gasteiger partial charge in [0.1, 0.15) is 0 Å². The molecule has 1 heteroatoms. The summed E-state index contributed by atoms with van der Waals surface area (Å²) in [5.41, 5.74) is 9.26. The molecule has 17 heavy (non-hydrogen) atoms. The van der Waals surface area contributed by atoms with E-state index < -0.39 is 0 Å². The molecule has 2 N–H and O–H groups in total. The van der Waals surface area contributed by atoms with Crippen LogP contribution in [0, 0.1) is 5.41 Å². The Balaban J connectivity index is 2.69. The number of hydrogen-bond acceptors (Lipinski definition) is 1. The predicted molar refractivity (Wildman–Crippen MR) is 76.3 cm³/mol. The van der Waals surface area contributed by atoms with Gasteiger partial charge in [0, 0.05) is 6.04 Å². The van der Waals surface area contributed by atoms with Crippen LogP contribution in [-0.4, -0.2) is 6.04 Å². The van der Waals surface area contributed by atoms with E-state index >= 15 is 0 Å². The van der Waals surface area contributed by atoms with Crippen molar-refractivity contribution in [1.82, 2.24) is 0 Å². The van der Waals surface area contributed by atoms with Gasteiger partial charge in [-0.25, -0.2) is 0 Å². The Kier molecular flexibility index (Phi) is 4.76. The number of benzene rings is 1. The molecule has 1 atom stereocenters. The van der Waals surface area contributed by atoms with Crippen LogP contribution < -0.4 is 5.73 Å². The molecular formula is C16H27N. The molecular weight excluding hydrogens is 206 g/mol. The average Bonchev–Trinajstić information content (AvgIpc) is 2.29. The van der Waals surface area contributed by atoms with Gasteiger partial charge in [-0.05, 0) is 35.3 Å². The fraction of sp³-hybridized carbons (Fsp3) is 0.625. The zero-order chi connectivity index (χ0) is 13.1. The van der Waals surface area contributed by atoms with Crippen LogP contribution in [0.3, 0.4) is 0 Å². The molecule has 0 spiro atoms. The molecule has 0 aliphatic carbocycles. The Bertz CT molecular complexity index is 335. The Morgan fingerprint density at radius 2 is 1.65 bits per heavy atom. The van der Waals surface area contributed by atoms with E-state index in [-0.39, 0.29) is 11.5 Å². The Morgan fingerprint density at radius 1 is 1.12 bits per heavy atom. The van der Waals surface area contributed by atoms with Crippen molar-refractivity contribution < 1.29 is 0 Å². The van der Waals surface area contributed by atoms with E-state index in [0.29, 0.717) is 5.92 Å². The van der Waals surface area contributed by atoms with Gasteiger partial charge in [-0.15, -0.1) is 0 Å². The summed E-state index contributed by atoms with van der Waals surface area (Å²) in [6.07, 6.45) is 2.09. The highest BCUT2D eigenvalue weighted by atomic mass is 14.7. The van der Waals surface area contributed by atoms with E-state index in [4.69, 9.17) is 5.73 Å². The van der Waals surface area contributed by atoms with Gasteiger partial charge in [0.2, 0.25) is 0 Å². The molecule has 0 aliphatic heterocycles. The van der Waals surface area contributed by atoms with Gasteiger partial charge in [0.15, 0.2) is 0 Å². The lowest BCUT2D eigenvalue weighted by molar-refractivity contribution is 0.272. The zero-order valence-corrected chi connectivity index (χ0v) is 12.0. The van der Waals surface area contributed by atoms with Crippen molar-refractivity contribution >= 4 is 0 Å². The van der Waals surface area contributed by atoms with Crippen molar-refractivity contribution in [2.75, 3.05) is 0 Å². The van der Waals surface area contributed by atoms with Gasteiger partial charge in [-0.3, -0.25) is 0 Å². The zero-order valence-electron chi connectivity index (χ0n) is 12.0. The summed E-state index contributed by atoms with van der Waals surface area (Å²) in [6.45, 7) is 11.2. The summed E-state index contributed by atoms with van der Waals surface area (Å²) in [7, 11) is 0. The fourth-order valence-electron chi connectivity index (χ4n) is 1.83. The van der Waals surface area contributed by atoms with E-state index in [1.165, 1.54) is 11.1 Å². The SMILES string of the molecule is CCC(C)(C)C(N)Cc1ccc(C(C)C)cc1. The summed E-state index contributed by atoms with van der Waals surface area (Å²) in [5, 5.41) is 0. The first-order valence-corrected chi connectivity index (χ1v) is 6.71. The monoisotopic (exact) mass is 233 g/mol. The van der Waals surface area contributed by atoms with E-state index in [9.17, 15) is 0 Å². The van der Waals surface area contributed by atoms with Crippen LogP contribution in [0.2, 0.25) is 0 Å². The minimum Gasteiger partial charge on any atom is -0.327 e. The van der Waals surface area contributed by atoms with Gasteiger partial charge in [-0.2, -0.15) is 0 Å². The molecule has 0 saturated heterocycles. The second kappa shape index (κ2) is 5.68. The highest BCUT2D eigenvalue weighted by molar-refractivity contribution is 5.25. The molecule has 0 heterocycles. The maximum absolute atomic E-state index is 6.29. The van der Waals surface area contributed by atoms with Crippen LogP contribution in [0.4, 0.5) is 0 Å². The molecule has 1 aromatic rings. The molecule has 0 saturated carbocycles. The van der Waals surface area contributed by atoms with Crippen LogP contribution in [0.5, 0.6) is 0 Å². The molecule has 1 rings (SSSR count). The Morgan fingerprint density at radius 3 is 2.06 bits per heavy atom. The van der Waals surface area contributed by atoms with Crippen molar-refractivity contribution in [2.24, 2.45) is 11.1 Å². The largest absolute Gasteiger partial charge is 0.327 e. The predicted octanol–water partition coefficient (Wildman–Crippen LogP) is 4.12. The van der Waals surface area contributed by atoms with Gasteiger partial charge in [-0.1, -0.05) is 58.9 Å². The number of rotatable bonds is 5. The van der Waals surface area contributed by atoms with Gasteiger partial charge in [0.25, 0.3) is 0 Å². The molecule has 1 aromatic carbocycles. The lowest BCUT2D eigenvalue weighted by Crippen LogP contribution is -2.38. The molecule has 96 valence electrons. The molecule has 0 amide bonds. The highest BCUT2D eigenvalue weighted by Crippen LogP contribution is 2.26. The summed E-state index contributed by atoms with van der Waals surface area (Å²) < 4.78 is 0. The number of nitrogens with two attached hydrogens (primary N) is 1. The minimum atomic E-state index is 0.219. The summed E-state index contributed by atoms with van der Waals surface area (Å²) >= 11 is 0. The lowest BCUT2D eigenvalue weighted by Gasteiger charge is -2.30. The summed E-state index contributed by atoms with van der Waals surface area (Å²) in [4.78, 5) is 0. The molecule has 0 radical (unpaired) electrons. The van der Waals surface area contributed by atoms with Crippen molar-refractivity contribution in [2.45, 2.75) is 59.4 Å². The highest BCUT2D eigenvalue weighted by Gasteiger charge is 2.24. The third-order valence-electron chi connectivity index (χ3n) is 4.02. The van der Waals surface area contributed by atoms with Gasteiger partial charge < -0.3 is 5.73 Å². The molecule has 1 nitrogen and oxygen atoms in total. The minimum absolute atomic E-state index is 0.219. The standard InChI is InChI=1S/C16H27N/c1-6-16(4,5)15(17)11-13-7-9-14(10-8-13)12(2)3/h7-10,12,15H,6,11,17H2,1-5H3. The third-order valence-corrected chi connectivity index (χ3v) is 4.02. The van der Waals surface area contributed by atoms with Crippen LogP contribution in [0.25, 0.3) is 0 Å². The van der Waals surface area contributed by atoms with Crippen molar-refractivity contribution in [3.05, 3.63) is 35.4 Å². The Hall–Kier alpha value is -0.820. The summed E-state index contributed by atoms with van der Waals surface area (Å²) in [6, 6.07) is 9.14. The second-order valence-corrected chi connectivity index (χ2v) is 6.05. The maximum Gasteiger partial charge on any atom is 0.0131 e. The molecule has 0 bridgehead atoms. The Labute approximate surface area is 106 Å². The average molecular weight is 233 g/mol. The normalized spacial score (nSPS) is 14.1. The lowest BCUT2D eigenvalue weighted by atomic mass is 9.79. The first-order chi connectivity index (χ1) is 7.86. The first-order valence-electron chi connectivity index (χ1n) is 6.71. The smallest absolute Gasteiger partial charge is 0.0131 e. The molecule has 0 aliphatic rings. The van der Waals surface area contributed by atoms with Crippen LogP contribution in [0.15, 0.2) is 24.3 Å². The van der Waals surface area contributed by atoms with Crippen LogP contribution >= 0.6 is 0 Å². The fourth-order valence-corrected chi connectivity index (χ4v) is 1.83. The molecule has 1 unspecified atom stereocenters. The van der Waals surface area contributed by atoms with Crippen molar-refractivity contribution in [3.63, 3.8) is 0 Å². The molecule has 0 aromatic heterocycles. The van der Waals surface area contributed by atoms with Crippen molar-refractivity contribution in [1.29, 1.82) is 0 Å².